The minimum absolute atomic E-state index is 0.482. The van der Waals surface area contributed by atoms with Crippen LogP contribution in [0.15, 0.2) is 12.2 Å². The van der Waals surface area contributed by atoms with E-state index >= 15 is 0 Å². The van der Waals surface area contributed by atoms with Crippen LogP contribution in [0.2, 0.25) is 0 Å². The van der Waals surface area contributed by atoms with Crippen LogP contribution in [0.25, 0.3) is 0 Å². The van der Waals surface area contributed by atoms with Crippen molar-refractivity contribution in [2.24, 2.45) is 0 Å². The van der Waals surface area contributed by atoms with Crippen LogP contribution in [-0.4, -0.2) is 19.4 Å². The number of allylic oxidation sites excluding steroid dienone is 2. The molecule has 0 spiro atoms. The number of ether oxygens (including phenoxy) is 2. The van der Waals surface area contributed by atoms with E-state index in [-0.39, 0.29) is 0 Å². The monoisotopic (exact) mass is 480 g/mol. The van der Waals surface area contributed by atoms with Crippen LogP contribution in [0.4, 0.5) is 4.79 Å². The molecule has 3 nitrogen and oxygen atoms in total. The highest BCUT2D eigenvalue weighted by Gasteiger charge is 2.03. The van der Waals surface area contributed by atoms with E-state index in [4.69, 9.17) is 9.47 Å². The zero-order chi connectivity index (χ0) is 24.8. The molecule has 0 amide bonds. The summed E-state index contributed by atoms with van der Waals surface area (Å²) in [5.74, 6) is 0. The average molecular weight is 481 g/mol. The zero-order valence-corrected chi connectivity index (χ0v) is 23.3. The van der Waals surface area contributed by atoms with E-state index in [9.17, 15) is 4.79 Å². The molecule has 0 aliphatic rings. The highest BCUT2D eigenvalue weighted by molar-refractivity contribution is 5.59. The van der Waals surface area contributed by atoms with Crippen LogP contribution in [0.3, 0.4) is 0 Å². The lowest BCUT2D eigenvalue weighted by Crippen LogP contribution is -2.09. The second kappa shape index (κ2) is 30.0. The van der Waals surface area contributed by atoms with Crippen molar-refractivity contribution in [3.8, 4) is 0 Å². The standard InChI is InChI=1S/C31H60O3/c1-3-5-7-9-11-13-15-17-18-20-22-24-26-28-30-34-31(32)33-29-27-25-23-21-19-16-14-12-10-8-6-4-2/h10,12H,3-9,11,13-30H2,1-2H3/b12-10-. The maximum absolute atomic E-state index is 11.6. The molecule has 3 heteroatoms. The molecule has 0 heterocycles. The van der Waals surface area contributed by atoms with Crippen molar-refractivity contribution in [2.45, 2.75) is 168 Å². The lowest BCUT2D eigenvalue weighted by molar-refractivity contribution is 0.0529. The number of unbranched alkanes of at least 4 members (excludes halogenated alkanes) is 21. The second-order valence-corrected chi connectivity index (χ2v) is 10.1. The summed E-state index contributed by atoms with van der Waals surface area (Å²) in [6.45, 7) is 5.52. The maximum atomic E-state index is 11.6. The molecule has 0 N–H and O–H groups in total. The van der Waals surface area contributed by atoms with Gasteiger partial charge in [-0.1, -0.05) is 148 Å². The topological polar surface area (TPSA) is 35.5 Å². The van der Waals surface area contributed by atoms with Crippen LogP contribution in [0.5, 0.6) is 0 Å². The Hall–Kier alpha value is -0.990. The minimum Gasteiger partial charge on any atom is -0.434 e. The van der Waals surface area contributed by atoms with Crippen LogP contribution in [0.1, 0.15) is 168 Å². The van der Waals surface area contributed by atoms with E-state index in [1.807, 2.05) is 0 Å². The third-order valence-corrected chi connectivity index (χ3v) is 6.59. The molecule has 0 saturated carbocycles. The minimum atomic E-state index is -0.482. The van der Waals surface area contributed by atoms with Crippen LogP contribution < -0.4 is 0 Å². The summed E-state index contributed by atoms with van der Waals surface area (Å²) in [4.78, 5) is 11.6. The molecule has 0 aromatic carbocycles. The van der Waals surface area contributed by atoms with Crippen molar-refractivity contribution in [1.29, 1.82) is 0 Å². The summed E-state index contributed by atoms with van der Waals surface area (Å²) in [6, 6.07) is 0. The van der Waals surface area contributed by atoms with Gasteiger partial charge < -0.3 is 9.47 Å². The quantitative estimate of drug-likeness (QED) is 0.0666. The SMILES string of the molecule is CCCC/C=C\CCCCCCCCOC(=O)OCCCCCCCCCCCCCCCC. The normalized spacial score (nSPS) is 11.4. The Bertz CT molecular complexity index is 419. The number of carbonyl (C=O) groups excluding carboxylic acids is 1. The average Bonchev–Trinajstić information content (AvgIpc) is 2.84. The van der Waals surface area contributed by atoms with Gasteiger partial charge in [0, 0.05) is 0 Å². The molecule has 34 heavy (non-hydrogen) atoms. The first-order chi connectivity index (χ1) is 16.8. The van der Waals surface area contributed by atoms with Crippen molar-refractivity contribution in [3.05, 3.63) is 12.2 Å². The predicted molar refractivity (Wildman–Crippen MR) is 149 cm³/mol. The van der Waals surface area contributed by atoms with Gasteiger partial charge in [0.15, 0.2) is 0 Å². The Kier molecular flexibility index (Phi) is 29.2. The Morgan fingerprint density at radius 2 is 0.765 bits per heavy atom. The highest BCUT2D eigenvalue weighted by atomic mass is 16.7. The summed E-state index contributed by atoms with van der Waals surface area (Å²) in [5.41, 5.74) is 0. The van der Waals surface area contributed by atoms with Gasteiger partial charge >= 0.3 is 6.16 Å². The molecule has 0 atom stereocenters. The third-order valence-electron chi connectivity index (χ3n) is 6.59. The zero-order valence-electron chi connectivity index (χ0n) is 23.3. The Morgan fingerprint density at radius 1 is 0.441 bits per heavy atom. The van der Waals surface area contributed by atoms with Crippen LogP contribution >= 0.6 is 0 Å². The first-order valence-corrected chi connectivity index (χ1v) is 15.3. The molecule has 0 aliphatic heterocycles. The van der Waals surface area contributed by atoms with Gasteiger partial charge in [-0.05, 0) is 32.1 Å². The number of hydrogen-bond acceptors (Lipinski definition) is 3. The fourth-order valence-corrected chi connectivity index (χ4v) is 4.28. The molecule has 0 aromatic heterocycles. The fraction of sp³-hybridized carbons (Fsp3) is 0.903. The Balaban J connectivity index is 3.17. The highest BCUT2D eigenvalue weighted by Crippen LogP contribution is 2.13. The van der Waals surface area contributed by atoms with E-state index in [2.05, 4.69) is 26.0 Å². The molecule has 202 valence electrons. The van der Waals surface area contributed by atoms with Crippen molar-refractivity contribution in [1.82, 2.24) is 0 Å². The Morgan fingerprint density at radius 3 is 1.18 bits per heavy atom. The van der Waals surface area contributed by atoms with Crippen molar-refractivity contribution >= 4 is 6.16 Å². The van der Waals surface area contributed by atoms with Gasteiger partial charge in [-0.25, -0.2) is 4.79 Å². The lowest BCUT2D eigenvalue weighted by atomic mass is 10.0. The summed E-state index contributed by atoms with van der Waals surface area (Å²) in [6.07, 6.45) is 35.1. The van der Waals surface area contributed by atoms with E-state index < -0.39 is 6.16 Å². The molecular weight excluding hydrogens is 420 g/mol. The maximum Gasteiger partial charge on any atom is 0.508 e. The van der Waals surface area contributed by atoms with Gasteiger partial charge in [0.2, 0.25) is 0 Å². The number of hydrogen-bond donors (Lipinski definition) is 0. The smallest absolute Gasteiger partial charge is 0.434 e. The Labute approximate surface area is 213 Å². The van der Waals surface area contributed by atoms with Crippen molar-refractivity contribution < 1.29 is 14.3 Å². The lowest BCUT2D eigenvalue weighted by Gasteiger charge is -2.06. The van der Waals surface area contributed by atoms with Crippen LogP contribution in [-0.2, 0) is 9.47 Å². The van der Waals surface area contributed by atoms with E-state index in [0.29, 0.717) is 13.2 Å². The first kappa shape index (κ1) is 33.0. The molecule has 0 fully saturated rings. The molecule has 0 aliphatic carbocycles. The van der Waals surface area contributed by atoms with E-state index in [0.717, 1.165) is 25.7 Å². The van der Waals surface area contributed by atoms with Gasteiger partial charge in [0.05, 0.1) is 13.2 Å². The van der Waals surface area contributed by atoms with Gasteiger partial charge in [0.25, 0.3) is 0 Å². The summed E-state index contributed by atoms with van der Waals surface area (Å²) >= 11 is 0. The second-order valence-electron chi connectivity index (χ2n) is 10.1. The molecule has 0 bridgehead atoms. The molecule has 0 saturated heterocycles. The fourth-order valence-electron chi connectivity index (χ4n) is 4.28. The van der Waals surface area contributed by atoms with Crippen LogP contribution in [0, 0.1) is 0 Å². The molecule has 0 radical (unpaired) electrons. The number of carbonyl (C=O) groups is 1. The van der Waals surface area contributed by atoms with Gasteiger partial charge in [-0.2, -0.15) is 0 Å². The van der Waals surface area contributed by atoms with Crippen molar-refractivity contribution in [3.63, 3.8) is 0 Å². The van der Waals surface area contributed by atoms with E-state index in [1.54, 1.807) is 0 Å². The summed E-state index contributed by atoms with van der Waals surface area (Å²) in [5, 5.41) is 0. The molecule has 0 unspecified atom stereocenters. The van der Waals surface area contributed by atoms with Gasteiger partial charge in [0.1, 0.15) is 0 Å². The van der Waals surface area contributed by atoms with Gasteiger partial charge in [-0.3, -0.25) is 0 Å². The summed E-state index contributed by atoms with van der Waals surface area (Å²) in [7, 11) is 0. The third kappa shape index (κ3) is 29.0. The first-order valence-electron chi connectivity index (χ1n) is 15.3. The van der Waals surface area contributed by atoms with Crippen molar-refractivity contribution in [2.75, 3.05) is 13.2 Å². The molecule has 0 rings (SSSR count). The summed E-state index contributed by atoms with van der Waals surface area (Å²) < 4.78 is 10.4. The largest absolute Gasteiger partial charge is 0.508 e. The van der Waals surface area contributed by atoms with Gasteiger partial charge in [-0.15, -0.1) is 0 Å². The molecular formula is C31H60O3. The number of rotatable bonds is 27. The van der Waals surface area contributed by atoms with E-state index in [1.165, 1.54) is 128 Å². The predicted octanol–water partition coefficient (Wildman–Crippen LogP) is 11.1. The molecule has 0 aromatic rings.